The maximum atomic E-state index is 5.95. The van der Waals surface area contributed by atoms with Gasteiger partial charge < -0.3 is 10.6 Å². The summed E-state index contributed by atoms with van der Waals surface area (Å²) in [6, 6.07) is 0.328. The van der Waals surface area contributed by atoms with Crippen LogP contribution in [0, 0.1) is 6.92 Å². The zero-order valence-corrected chi connectivity index (χ0v) is 11.2. The van der Waals surface area contributed by atoms with Crippen molar-refractivity contribution in [2.24, 2.45) is 5.73 Å². The van der Waals surface area contributed by atoms with Crippen molar-refractivity contribution in [2.75, 3.05) is 18.0 Å². The largest absolute Gasteiger partial charge is 0.356 e. The van der Waals surface area contributed by atoms with Crippen LogP contribution in [-0.2, 0) is 6.42 Å². The highest BCUT2D eigenvalue weighted by atomic mass is 35.5. The summed E-state index contributed by atoms with van der Waals surface area (Å²) in [5.41, 5.74) is 8.10. The number of hydrogen-bond acceptors (Lipinski definition) is 4. The van der Waals surface area contributed by atoms with E-state index in [0.717, 1.165) is 43.9 Å². The summed E-state index contributed by atoms with van der Waals surface area (Å²) in [6.07, 6.45) is 2.97. The normalized spacial score (nSPS) is 17.5. The molecule has 2 heterocycles. The summed E-state index contributed by atoms with van der Waals surface area (Å²) in [7, 11) is 0. The van der Waals surface area contributed by atoms with Gasteiger partial charge >= 0.3 is 0 Å². The van der Waals surface area contributed by atoms with Crippen LogP contribution >= 0.6 is 11.6 Å². The maximum absolute atomic E-state index is 5.95. The summed E-state index contributed by atoms with van der Waals surface area (Å²) >= 11 is 5.95. The third-order valence-corrected chi connectivity index (χ3v) is 3.53. The lowest BCUT2D eigenvalue weighted by molar-refractivity contribution is 0.497. The van der Waals surface area contributed by atoms with Gasteiger partial charge in [-0.05, 0) is 37.8 Å². The molecular formula is C12H19ClN4. The molecule has 1 aliphatic rings. The fourth-order valence-corrected chi connectivity index (χ4v) is 2.54. The molecule has 2 rings (SSSR count). The lowest BCUT2D eigenvalue weighted by Crippen LogP contribution is -2.40. The lowest BCUT2D eigenvalue weighted by Gasteiger charge is -2.32. The first kappa shape index (κ1) is 12.6. The van der Waals surface area contributed by atoms with Crippen LogP contribution in [0.4, 0.5) is 5.82 Å². The Bertz CT molecular complexity index is 400. The van der Waals surface area contributed by atoms with Gasteiger partial charge in [-0.1, -0.05) is 6.92 Å². The molecule has 1 saturated heterocycles. The van der Waals surface area contributed by atoms with Gasteiger partial charge in [-0.2, -0.15) is 0 Å². The van der Waals surface area contributed by atoms with Gasteiger partial charge in [0.1, 0.15) is 5.82 Å². The quantitative estimate of drug-likeness (QED) is 0.820. The molecule has 0 saturated carbocycles. The first-order chi connectivity index (χ1) is 8.11. The Balaban J connectivity index is 2.30. The van der Waals surface area contributed by atoms with Crippen molar-refractivity contribution in [1.29, 1.82) is 0 Å². The minimum absolute atomic E-state index is 0.328. The predicted molar refractivity (Wildman–Crippen MR) is 70.6 cm³/mol. The number of nitrogens with two attached hydrogens (primary N) is 1. The number of rotatable bonds is 2. The molecule has 0 amide bonds. The van der Waals surface area contributed by atoms with Crippen LogP contribution in [-0.4, -0.2) is 29.1 Å². The Morgan fingerprint density at radius 3 is 2.59 bits per heavy atom. The highest BCUT2D eigenvalue weighted by molar-refractivity contribution is 6.28. The number of aryl methyl sites for hydroxylation is 1. The van der Waals surface area contributed by atoms with E-state index in [2.05, 4.69) is 21.8 Å². The molecule has 0 aromatic carbocycles. The smallest absolute Gasteiger partial charge is 0.224 e. The van der Waals surface area contributed by atoms with E-state index in [-0.39, 0.29) is 0 Å². The van der Waals surface area contributed by atoms with Crippen molar-refractivity contribution in [3.63, 3.8) is 0 Å². The molecule has 1 aromatic heterocycles. The van der Waals surface area contributed by atoms with Gasteiger partial charge in [-0.15, -0.1) is 0 Å². The molecule has 0 bridgehead atoms. The highest BCUT2D eigenvalue weighted by Gasteiger charge is 2.21. The summed E-state index contributed by atoms with van der Waals surface area (Å²) in [4.78, 5) is 10.9. The van der Waals surface area contributed by atoms with Crippen LogP contribution in [0.25, 0.3) is 0 Å². The van der Waals surface area contributed by atoms with Crippen LogP contribution in [0.5, 0.6) is 0 Å². The molecule has 4 nitrogen and oxygen atoms in total. The van der Waals surface area contributed by atoms with E-state index in [1.54, 1.807) is 0 Å². The van der Waals surface area contributed by atoms with E-state index >= 15 is 0 Å². The van der Waals surface area contributed by atoms with Gasteiger partial charge in [-0.25, -0.2) is 9.97 Å². The molecule has 1 aliphatic heterocycles. The molecule has 0 radical (unpaired) electrons. The van der Waals surface area contributed by atoms with Gasteiger partial charge in [0, 0.05) is 30.4 Å². The Morgan fingerprint density at radius 2 is 2.00 bits per heavy atom. The minimum Gasteiger partial charge on any atom is -0.356 e. The SMILES string of the molecule is CCc1c(C)nc(Cl)nc1N1CCC(N)CC1. The molecule has 0 spiro atoms. The molecule has 0 atom stereocenters. The van der Waals surface area contributed by atoms with Crippen molar-refractivity contribution in [1.82, 2.24) is 9.97 Å². The molecule has 0 unspecified atom stereocenters. The van der Waals surface area contributed by atoms with E-state index in [4.69, 9.17) is 17.3 Å². The van der Waals surface area contributed by atoms with E-state index in [0.29, 0.717) is 11.3 Å². The van der Waals surface area contributed by atoms with E-state index < -0.39 is 0 Å². The van der Waals surface area contributed by atoms with Crippen LogP contribution in [0.1, 0.15) is 31.0 Å². The Labute approximate surface area is 107 Å². The molecule has 0 aliphatic carbocycles. The van der Waals surface area contributed by atoms with Gasteiger partial charge in [-0.3, -0.25) is 0 Å². The molecule has 5 heteroatoms. The second-order valence-electron chi connectivity index (χ2n) is 4.56. The predicted octanol–water partition coefficient (Wildman–Crippen LogP) is 1.93. The van der Waals surface area contributed by atoms with Crippen LogP contribution in [0.2, 0.25) is 5.28 Å². The van der Waals surface area contributed by atoms with E-state index in [9.17, 15) is 0 Å². The van der Waals surface area contributed by atoms with Crippen molar-refractivity contribution in [2.45, 2.75) is 39.2 Å². The average molecular weight is 255 g/mol. The second-order valence-corrected chi connectivity index (χ2v) is 4.90. The number of anilines is 1. The first-order valence-corrected chi connectivity index (χ1v) is 6.53. The van der Waals surface area contributed by atoms with E-state index in [1.165, 1.54) is 5.56 Å². The van der Waals surface area contributed by atoms with Crippen molar-refractivity contribution in [3.8, 4) is 0 Å². The average Bonchev–Trinajstić information content (AvgIpc) is 2.29. The maximum Gasteiger partial charge on any atom is 0.224 e. The molecule has 17 heavy (non-hydrogen) atoms. The summed E-state index contributed by atoms with van der Waals surface area (Å²) in [5.74, 6) is 0.997. The van der Waals surface area contributed by atoms with Gasteiger partial charge in [0.2, 0.25) is 5.28 Å². The highest BCUT2D eigenvalue weighted by Crippen LogP contribution is 2.25. The fourth-order valence-electron chi connectivity index (χ4n) is 2.33. The summed E-state index contributed by atoms with van der Waals surface area (Å²) < 4.78 is 0. The van der Waals surface area contributed by atoms with Gasteiger partial charge in [0.25, 0.3) is 0 Å². The van der Waals surface area contributed by atoms with E-state index in [1.807, 2.05) is 6.92 Å². The fraction of sp³-hybridized carbons (Fsp3) is 0.667. The monoisotopic (exact) mass is 254 g/mol. The first-order valence-electron chi connectivity index (χ1n) is 6.15. The number of nitrogens with zero attached hydrogens (tertiary/aromatic N) is 3. The minimum atomic E-state index is 0.328. The summed E-state index contributed by atoms with van der Waals surface area (Å²) in [6.45, 7) is 6.03. The Morgan fingerprint density at radius 1 is 1.35 bits per heavy atom. The van der Waals surface area contributed by atoms with Crippen molar-refractivity contribution >= 4 is 17.4 Å². The molecule has 2 N–H and O–H groups in total. The number of piperidine rings is 1. The number of aromatic nitrogens is 2. The second kappa shape index (κ2) is 5.19. The van der Waals surface area contributed by atoms with Gasteiger partial charge in [0.05, 0.1) is 0 Å². The topological polar surface area (TPSA) is 55.0 Å². The number of halogens is 1. The lowest BCUT2D eigenvalue weighted by atomic mass is 10.0. The third kappa shape index (κ3) is 2.69. The summed E-state index contributed by atoms with van der Waals surface area (Å²) in [5, 5.41) is 0.338. The Kier molecular flexibility index (Phi) is 3.84. The van der Waals surface area contributed by atoms with Crippen molar-refractivity contribution < 1.29 is 0 Å². The standard InChI is InChI=1S/C12H19ClN4/c1-3-10-8(2)15-12(13)16-11(10)17-6-4-9(14)5-7-17/h9H,3-7,14H2,1-2H3. The number of hydrogen-bond donors (Lipinski definition) is 1. The van der Waals surface area contributed by atoms with Crippen LogP contribution < -0.4 is 10.6 Å². The zero-order valence-electron chi connectivity index (χ0n) is 10.4. The van der Waals surface area contributed by atoms with Crippen LogP contribution in [0.15, 0.2) is 0 Å². The zero-order chi connectivity index (χ0) is 12.4. The van der Waals surface area contributed by atoms with Crippen molar-refractivity contribution in [3.05, 3.63) is 16.5 Å². The third-order valence-electron chi connectivity index (χ3n) is 3.36. The molecule has 1 fully saturated rings. The molecular weight excluding hydrogens is 236 g/mol. The molecule has 94 valence electrons. The Hall–Kier alpha value is -0.870. The van der Waals surface area contributed by atoms with Crippen LogP contribution in [0.3, 0.4) is 0 Å². The molecule has 1 aromatic rings. The van der Waals surface area contributed by atoms with Gasteiger partial charge in [0.15, 0.2) is 0 Å².